The third kappa shape index (κ3) is 6.09. The van der Waals surface area contributed by atoms with Crippen molar-refractivity contribution in [3.05, 3.63) is 71.3 Å². The van der Waals surface area contributed by atoms with E-state index in [0.29, 0.717) is 0 Å². The second-order valence-corrected chi connectivity index (χ2v) is 7.06. The Hall–Kier alpha value is -1.95. The summed E-state index contributed by atoms with van der Waals surface area (Å²) < 4.78 is 5.46. The Morgan fingerprint density at radius 2 is 1.62 bits per heavy atom. The molecule has 5 heteroatoms. The van der Waals surface area contributed by atoms with Gasteiger partial charge in [0.2, 0.25) is 0 Å². The highest BCUT2D eigenvalue weighted by atomic mass is 32.1. The maximum absolute atomic E-state index is 5.46. The van der Waals surface area contributed by atoms with Crippen molar-refractivity contribution in [2.75, 3.05) is 32.8 Å². The number of quaternary nitrogens is 1. The number of hydrogen-bond donors (Lipinski definition) is 3. The van der Waals surface area contributed by atoms with Gasteiger partial charge in [-0.1, -0.05) is 54.6 Å². The average molecular weight is 371 g/mol. The van der Waals surface area contributed by atoms with E-state index in [9.17, 15) is 0 Å². The Bertz CT molecular complexity index is 687. The van der Waals surface area contributed by atoms with Gasteiger partial charge in [-0.15, -0.1) is 0 Å². The van der Waals surface area contributed by atoms with Gasteiger partial charge in [0.05, 0.1) is 13.2 Å². The van der Waals surface area contributed by atoms with Crippen LogP contribution in [0.15, 0.2) is 54.6 Å². The second kappa shape index (κ2) is 10.3. The van der Waals surface area contributed by atoms with E-state index in [1.54, 1.807) is 4.90 Å². The van der Waals surface area contributed by atoms with Gasteiger partial charge in [0.15, 0.2) is 5.11 Å². The summed E-state index contributed by atoms with van der Waals surface area (Å²) in [5.41, 5.74) is 4.03. The molecule has 0 saturated carbocycles. The van der Waals surface area contributed by atoms with Gasteiger partial charge in [-0.3, -0.25) is 0 Å². The molecule has 0 spiro atoms. The van der Waals surface area contributed by atoms with Gasteiger partial charge in [-0.25, -0.2) is 0 Å². The van der Waals surface area contributed by atoms with Gasteiger partial charge in [-0.05, 0) is 29.8 Å². The van der Waals surface area contributed by atoms with Gasteiger partial charge >= 0.3 is 0 Å². The van der Waals surface area contributed by atoms with Crippen LogP contribution < -0.4 is 15.5 Å². The number of rotatable bonds is 7. The Kier molecular flexibility index (Phi) is 7.43. The van der Waals surface area contributed by atoms with E-state index in [1.807, 2.05) is 6.07 Å². The van der Waals surface area contributed by atoms with Crippen molar-refractivity contribution >= 4 is 17.3 Å². The summed E-state index contributed by atoms with van der Waals surface area (Å²) >= 11 is 5.43. The molecule has 3 N–H and O–H groups in total. The van der Waals surface area contributed by atoms with Crippen molar-refractivity contribution in [1.82, 2.24) is 10.6 Å². The predicted octanol–water partition coefficient (Wildman–Crippen LogP) is 1.31. The first-order valence-corrected chi connectivity index (χ1v) is 9.76. The molecule has 0 amide bonds. The van der Waals surface area contributed by atoms with Crippen LogP contribution in [-0.4, -0.2) is 38.0 Å². The molecule has 3 rings (SSSR count). The fourth-order valence-electron chi connectivity index (χ4n) is 3.21. The monoisotopic (exact) mass is 370 g/mol. The van der Waals surface area contributed by atoms with E-state index in [-0.39, 0.29) is 0 Å². The Labute approximate surface area is 161 Å². The van der Waals surface area contributed by atoms with Gasteiger partial charge in [0.1, 0.15) is 19.6 Å². The number of benzene rings is 2. The summed E-state index contributed by atoms with van der Waals surface area (Å²) in [6.07, 6.45) is 0.972. The molecule has 0 aromatic heterocycles. The van der Waals surface area contributed by atoms with Crippen molar-refractivity contribution in [2.24, 2.45) is 0 Å². The van der Waals surface area contributed by atoms with E-state index >= 15 is 0 Å². The Morgan fingerprint density at radius 3 is 2.38 bits per heavy atom. The number of morpholine rings is 1. The largest absolute Gasteiger partial charge is 0.370 e. The van der Waals surface area contributed by atoms with Crippen molar-refractivity contribution in [1.29, 1.82) is 0 Å². The SMILES string of the molecule is S=C(NCCc1ccccc1)NCc1ccccc1C[NH+]1CCOCC1. The van der Waals surface area contributed by atoms with Crippen LogP contribution in [0.25, 0.3) is 0 Å². The minimum absolute atomic E-state index is 0.717. The molecular formula is C21H28N3OS+. The van der Waals surface area contributed by atoms with Crippen LogP contribution in [0.2, 0.25) is 0 Å². The summed E-state index contributed by atoms with van der Waals surface area (Å²) in [5.74, 6) is 0. The molecular weight excluding hydrogens is 342 g/mol. The molecule has 0 radical (unpaired) electrons. The third-order valence-corrected chi connectivity index (χ3v) is 5.03. The van der Waals surface area contributed by atoms with Crippen LogP contribution in [-0.2, 0) is 24.2 Å². The molecule has 1 heterocycles. The van der Waals surface area contributed by atoms with Crippen molar-refractivity contribution in [3.8, 4) is 0 Å². The van der Waals surface area contributed by atoms with Crippen LogP contribution in [0.3, 0.4) is 0 Å². The smallest absolute Gasteiger partial charge is 0.166 e. The number of nitrogens with one attached hydrogen (secondary N) is 3. The van der Waals surface area contributed by atoms with E-state index < -0.39 is 0 Å². The number of ether oxygens (including phenoxy) is 1. The van der Waals surface area contributed by atoms with E-state index in [2.05, 4.69) is 59.2 Å². The normalized spacial score (nSPS) is 14.8. The maximum Gasteiger partial charge on any atom is 0.166 e. The topological polar surface area (TPSA) is 37.7 Å². The summed E-state index contributed by atoms with van der Waals surface area (Å²) in [4.78, 5) is 1.59. The number of hydrogen-bond acceptors (Lipinski definition) is 2. The minimum Gasteiger partial charge on any atom is -0.370 e. The first-order valence-electron chi connectivity index (χ1n) is 9.35. The Balaban J connectivity index is 1.44. The lowest BCUT2D eigenvalue weighted by atomic mass is 10.1. The van der Waals surface area contributed by atoms with Gasteiger partial charge in [0.25, 0.3) is 0 Å². The molecule has 0 aliphatic carbocycles. The lowest BCUT2D eigenvalue weighted by molar-refractivity contribution is -0.921. The summed E-state index contributed by atoms with van der Waals surface area (Å²) in [5, 5.41) is 7.37. The molecule has 138 valence electrons. The standard InChI is InChI=1S/C21H27N3OS/c26-21(22-11-10-18-6-2-1-3-7-18)23-16-19-8-4-5-9-20(19)17-24-12-14-25-15-13-24/h1-9H,10-17H2,(H2,22,23,26)/p+1. The van der Waals surface area contributed by atoms with Crippen LogP contribution in [0, 0.1) is 0 Å². The fourth-order valence-corrected chi connectivity index (χ4v) is 3.39. The molecule has 1 fully saturated rings. The first kappa shape index (κ1) is 18.8. The molecule has 1 aliphatic heterocycles. The predicted molar refractivity (Wildman–Crippen MR) is 109 cm³/mol. The molecule has 0 unspecified atom stereocenters. The molecule has 2 aromatic rings. The van der Waals surface area contributed by atoms with Crippen molar-refractivity contribution < 1.29 is 9.64 Å². The maximum atomic E-state index is 5.46. The Morgan fingerprint density at radius 1 is 0.923 bits per heavy atom. The summed E-state index contributed by atoms with van der Waals surface area (Å²) in [7, 11) is 0. The van der Waals surface area contributed by atoms with Crippen molar-refractivity contribution in [2.45, 2.75) is 19.5 Å². The molecule has 2 aromatic carbocycles. The van der Waals surface area contributed by atoms with Crippen LogP contribution in [0.4, 0.5) is 0 Å². The molecule has 4 nitrogen and oxygen atoms in total. The highest BCUT2D eigenvalue weighted by Gasteiger charge is 2.15. The average Bonchev–Trinajstić information content (AvgIpc) is 2.69. The van der Waals surface area contributed by atoms with E-state index in [4.69, 9.17) is 17.0 Å². The molecule has 26 heavy (non-hydrogen) atoms. The van der Waals surface area contributed by atoms with Crippen molar-refractivity contribution in [3.63, 3.8) is 0 Å². The molecule has 1 saturated heterocycles. The quantitative estimate of drug-likeness (QED) is 0.643. The highest BCUT2D eigenvalue weighted by Crippen LogP contribution is 2.07. The summed E-state index contributed by atoms with van der Waals surface area (Å²) in [6, 6.07) is 19.1. The van der Waals surface area contributed by atoms with Crippen LogP contribution >= 0.6 is 12.2 Å². The minimum atomic E-state index is 0.717. The molecule has 0 bridgehead atoms. The van der Waals surface area contributed by atoms with Crippen LogP contribution in [0.1, 0.15) is 16.7 Å². The lowest BCUT2D eigenvalue weighted by Crippen LogP contribution is -3.12. The lowest BCUT2D eigenvalue weighted by Gasteiger charge is -2.24. The van der Waals surface area contributed by atoms with Gasteiger partial charge in [0, 0.05) is 18.7 Å². The zero-order valence-corrected chi connectivity index (χ0v) is 16.0. The zero-order chi connectivity index (χ0) is 18.0. The third-order valence-electron chi connectivity index (χ3n) is 4.74. The number of thiocarbonyl (C=S) groups is 1. The van der Waals surface area contributed by atoms with Crippen LogP contribution in [0.5, 0.6) is 0 Å². The van der Waals surface area contributed by atoms with Gasteiger partial charge < -0.3 is 20.3 Å². The van der Waals surface area contributed by atoms with E-state index in [0.717, 1.165) is 57.5 Å². The molecule has 1 aliphatic rings. The fraction of sp³-hybridized carbons (Fsp3) is 0.381. The summed E-state index contributed by atoms with van der Waals surface area (Å²) in [6.45, 7) is 6.56. The zero-order valence-electron chi connectivity index (χ0n) is 15.2. The highest BCUT2D eigenvalue weighted by molar-refractivity contribution is 7.80. The molecule has 0 atom stereocenters. The van der Waals surface area contributed by atoms with Gasteiger partial charge in [-0.2, -0.15) is 0 Å². The first-order chi connectivity index (χ1) is 12.8. The van der Waals surface area contributed by atoms with E-state index in [1.165, 1.54) is 16.7 Å². The second-order valence-electron chi connectivity index (χ2n) is 6.65.